The predicted octanol–water partition coefficient (Wildman–Crippen LogP) is 6.85. The van der Waals surface area contributed by atoms with Crippen LogP contribution in [0.3, 0.4) is 0 Å². The lowest BCUT2D eigenvalue weighted by molar-refractivity contribution is -0.119. The van der Waals surface area contributed by atoms with Gasteiger partial charge in [-0.25, -0.2) is 4.79 Å². The van der Waals surface area contributed by atoms with Gasteiger partial charge in [-0.3, -0.25) is 9.59 Å². The van der Waals surface area contributed by atoms with Gasteiger partial charge in [0.05, 0.1) is 6.04 Å². The van der Waals surface area contributed by atoms with E-state index in [9.17, 15) is 14.4 Å². The van der Waals surface area contributed by atoms with Crippen LogP contribution < -0.4 is 20.9 Å². The zero-order valence-electron chi connectivity index (χ0n) is 24.9. The summed E-state index contributed by atoms with van der Waals surface area (Å²) in [6, 6.07) is 31.9. The van der Waals surface area contributed by atoms with Crippen molar-refractivity contribution in [1.82, 2.24) is 5.32 Å². The summed E-state index contributed by atoms with van der Waals surface area (Å²) in [6.45, 7) is 3.95. The van der Waals surface area contributed by atoms with Crippen molar-refractivity contribution in [2.24, 2.45) is 0 Å². The maximum absolute atomic E-state index is 12.6. The number of para-hydroxylation sites is 1. The first-order valence-corrected chi connectivity index (χ1v) is 15.1. The molecule has 8 nitrogen and oxygen atoms in total. The molecule has 0 spiro atoms. The van der Waals surface area contributed by atoms with Crippen molar-refractivity contribution >= 4 is 35.0 Å². The van der Waals surface area contributed by atoms with Crippen LogP contribution in [0.15, 0.2) is 97.1 Å². The lowest BCUT2D eigenvalue weighted by Crippen LogP contribution is -2.44. The second-order valence-electron chi connectivity index (χ2n) is 11.3. The molecular formula is C36H36N4O4. The molecule has 1 aliphatic heterocycles. The smallest absolute Gasteiger partial charge is 0.407 e. The third-order valence-electron chi connectivity index (χ3n) is 8.41. The molecule has 3 amide bonds. The Bertz CT molecular complexity index is 1640. The van der Waals surface area contributed by atoms with E-state index < -0.39 is 6.09 Å². The summed E-state index contributed by atoms with van der Waals surface area (Å²) in [4.78, 5) is 39.5. The van der Waals surface area contributed by atoms with Crippen molar-refractivity contribution in [3.63, 3.8) is 0 Å². The molecule has 4 aromatic rings. The summed E-state index contributed by atoms with van der Waals surface area (Å²) >= 11 is 0. The highest BCUT2D eigenvalue weighted by Gasteiger charge is 2.33. The van der Waals surface area contributed by atoms with Crippen molar-refractivity contribution in [2.45, 2.75) is 44.7 Å². The number of carbonyl (C=O) groups is 3. The van der Waals surface area contributed by atoms with Crippen LogP contribution in [0, 0.1) is 0 Å². The van der Waals surface area contributed by atoms with Crippen LogP contribution in [0.1, 0.15) is 55.3 Å². The molecule has 3 N–H and O–H groups in total. The molecule has 1 heterocycles. The Morgan fingerprint density at radius 3 is 2.05 bits per heavy atom. The quantitative estimate of drug-likeness (QED) is 0.209. The van der Waals surface area contributed by atoms with Crippen molar-refractivity contribution in [3.8, 4) is 11.1 Å². The highest BCUT2D eigenvalue weighted by molar-refractivity contribution is 5.95. The highest BCUT2D eigenvalue weighted by atomic mass is 16.5. The number of fused-ring (bicyclic) bond motifs is 4. The minimum Gasteiger partial charge on any atom is -0.449 e. The molecule has 1 aliphatic carbocycles. The number of nitrogens with one attached hydrogen (secondary N) is 3. The van der Waals surface area contributed by atoms with Crippen LogP contribution in [-0.2, 0) is 14.3 Å². The second kappa shape index (κ2) is 12.6. The second-order valence-corrected chi connectivity index (χ2v) is 11.3. The van der Waals surface area contributed by atoms with Crippen molar-refractivity contribution in [3.05, 3.63) is 114 Å². The van der Waals surface area contributed by atoms with Gasteiger partial charge in [0, 0.05) is 35.4 Å². The minimum absolute atomic E-state index is 0.0443. The first-order valence-electron chi connectivity index (χ1n) is 15.1. The van der Waals surface area contributed by atoms with Gasteiger partial charge < -0.3 is 25.6 Å². The SMILES string of the molecule is CCC(=O)N1c2ccccc2C(Nc2ccc(NC(=O)CNC(=O)OCC3c4ccccc4-c4ccccc43)cc2)CC1C. The van der Waals surface area contributed by atoms with Gasteiger partial charge in [-0.1, -0.05) is 73.7 Å². The van der Waals surface area contributed by atoms with Crippen LogP contribution in [0.4, 0.5) is 21.9 Å². The average Bonchev–Trinajstić information content (AvgIpc) is 3.37. The summed E-state index contributed by atoms with van der Waals surface area (Å²) in [7, 11) is 0. The number of carbonyl (C=O) groups excluding carboxylic acids is 3. The van der Waals surface area contributed by atoms with Crippen LogP contribution in [0.5, 0.6) is 0 Å². The molecule has 0 saturated carbocycles. The number of hydrogen-bond donors (Lipinski definition) is 3. The summed E-state index contributed by atoms with van der Waals surface area (Å²) < 4.78 is 5.53. The first kappa shape index (κ1) is 29.0. The Hall–Kier alpha value is -5.11. The van der Waals surface area contributed by atoms with Crippen LogP contribution in [0.25, 0.3) is 11.1 Å². The largest absolute Gasteiger partial charge is 0.449 e. The molecular weight excluding hydrogens is 552 g/mol. The number of benzene rings is 4. The van der Waals surface area contributed by atoms with E-state index in [0.717, 1.165) is 45.6 Å². The fraction of sp³-hybridized carbons (Fsp3) is 0.250. The molecule has 224 valence electrons. The molecule has 44 heavy (non-hydrogen) atoms. The first-order chi connectivity index (χ1) is 21.4. The highest BCUT2D eigenvalue weighted by Crippen LogP contribution is 2.44. The Labute approximate surface area is 257 Å². The average molecular weight is 589 g/mol. The van der Waals surface area contributed by atoms with E-state index in [1.807, 2.05) is 78.6 Å². The molecule has 0 fully saturated rings. The fourth-order valence-corrected chi connectivity index (χ4v) is 6.36. The maximum atomic E-state index is 12.6. The fourth-order valence-electron chi connectivity index (χ4n) is 6.36. The number of ether oxygens (including phenoxy) is 1. The minimum atomic E-state index is -0.636. The third kappa shape index (κ3) is 5.88. The molecule has 6 rings (SSSR count). The van der Waals surface area contributed by atoms with Gasteiger partial charge in [-0.05, 0) is 71.5 Å². The van der Waals surface area contributed by atoms with Gasteiger partial charge >= 0.3 is 6.09 Å². The summed E-state index contributed by atoms with van der Waals surface area (Å²) in [6.07, 6.45) is 0.608. The van der Waals surface area contributed by atoms with Crippen molar-refractivity contribution < 1.29 is 19.1 Å². The predicted molar refractivity (Wildman–Crippen MR) is 173 cm³/mol. The standard InChI is InChI=1S/C36H36N4O4/c1-3-35(42)40-23(2)20-32(30-14-8-9-15-33(30)40)38-24-16-18-25(19-17-24)39-34(41)21-37-36(43)44-22-31-28-12-6-4-10-26(28)27-11-5-7-13-29(27)31/h4-19,23,31-32,38H,3,20-22H2,1-2H3,(H,37,43)(H,39,41). The van der Waals surface area contributed by atoms with Gasteiger partial charge in [0.25, 0.3) is 0 Å². The Morgan fingerprint density at radius 1 is 0.795 bits per heavy atom. The van der Waals surface area contributed by atoms with E-state index in [1.54, 1.807) is 0 Å². The van der Waals surface area contributed by atoms with Crippen LogP contribution in [-0.4, -0.2) is 37.1 Å². The van der Waals surface area contributed by atoms with Crippen LogP contribution in [0.2, 0.25) is 0 Å². The third-order valence-corrected chi connectivity index (χ3v) is 8.41. The van der Waals surface area contributed by atoms with Gasteiger partial charge in [0.15, 0.2) is 0 Å². The van der Waals surface area contributed by atoms with Crippen molar-refractivity contribution in [1.29, 1.82) is 0 Å². The maximum Gasteiger partial charge on any atom is 0.407 e. The molecule has 0 bridgehead atoms. The number of anilines is 3. The molecule has 2 atom stereocenters. The summed E-state index contributed by atoms with van der Waals surface area (Å²) in [5.41, 5.74) is 8.14. The van der Waals surface area contributed by atoms with E-state index in [4.69, 9.17) is 4.74 Å². The molecule has 2 unspecified atom stereocenters. The molecule has 0 aromatic heterocycles. The summed E-state index contributed by atoms with van der Waals surface area (Å²) in [5.74, 6) is -0.274. The van der Waals surface area contributed by atoms with Gasteiger partial charge in [0.1, 0.15) is 13.2 Å². The van der Waals surface area contributed by atoms with E-state index in [0.29, 0.717) is 12.1 Å². The topological polar surface area (TPSA) is 99.8 Å². The normalized spacial score (nSPS) is 16.7. The number of nitrogens with zero attached hydrogens (tertiary/aromatic N) is 1. The van der Waals surface area contributed by atoms with Crippen molar-refractivity contribution in [2.75, 3.05) is 28.7 Å². The lowest BCUT2D eigenvalue weighted by Gasteiger charge is -2.40. The van der Waals surface area contributed by atoms with E-state index in [1.165, 1.54) is 0 Å². The molecule has 2 aliphatic rings. The number of alkyl carbamates (subject to hydrolysis) is 1. The zero-order chi connectivity index (χ0) is 30.6. The monoisotopic (exact) mass is 588 g/mol. The van der Waals surface area contributed by atoms with Crippen LogP contribution >= 0.6 is 0 Å². The van der Waals surface area contributed by atoms with Gasteiger partial charge in [-0.15, -0.1) is 0 Å². The van der Waals surface area contributed by atoms with Gasteiger partial charge in [-0.2, -0.15) is 0 Å². The Morgan fingerprint density at radius 2 is 1.39 bits per heavy atom. The number of amides is 3. The molecule has 4 aromatic carbocycles. The molecule has 0 saturated heterocycles. The Kier molecular flexibility index (Phi) is 8.32. The number of rotatable bonds is 8. The van der Waals surface area contributed by atoms with Gasteiger partial charge in [0.2, 0.25) is 11.8 Å². The van der Waals surface area contributed by atoms with E-state index >= 15 is 0 Å². The molecule has 8 heteroatoms. The number of hydrogen-bond acceptors (Lipinski definition) is 5. The Balaban J connectivity index is 1.00. The van der Waals surface area contributed by atoms with E-state index in [-0.39, 0.29) is 43.0 Å². The summed E-state index contributed by atoms with van der Waals surface area (Å²) in [5, 5.41) is 8.96. The molecule has 0 radical (unpaired) electrons. The zero-order valence-corrected chi connectivity index (χ0v) is 24.9. The van der Waals surface area contributed by atoms with E-state index in [2.05, 4.69) is 53.2 Å². The lowest BCUT2D eigenvalue weighted by atomic mass is 9.91.